The first-order valence-corrected chi connectivity index (χ1v) is 3.32. The number of halogens is 1. The maximum absolute atomic E-state index is 12.8. The van der Waals surface area contributed by atoms with E-state index in [0.717, 1.165) is 5.56 Å². The summed E-state index contributed by atoms with van der Waals surface area (Å²) in [4.78, 5) is 3.16. The molecule has 1 aromatic carbocycles. The lowest BCUT2D eigenvalue weighted by molar-refractivity contribution is 0.617. The van der Waals surface area contributed by atoms with Gasteiger partial charge in [-0.2, -0.15) is 0 Å². The molecular formula is C9H8FN. The van der Waals surface area contributed by atoms with Gasteiger partial charge in [-0.1, -0.05) is 12.1 Å². The van der Waals surface area contributed by atoms with Crippen molar-refractivity contribution in [2.24, 2.45) is 0 Å². The Morgan fingerprint density at radius 2 is 2.27 bits per heavy atom. The van der Waals surface area contributed by atoms with Gasteiger partial charge >= 0.3 is 0 Å². The van der Waals surface area contributed by atoms with Crippen molar-refractivity contribution < 1.29 is 4.39 Å². The summed E-state index contributed by atoms with van der Waals surface area (Å²) in [5, 5.41) is 0. The van der Waals surface area contributed by atoms with E-state index in [1.54, 1.807) is 19.1 Å². The lowest BCUT2D eigenvalue weighted by Crippen LogP contribution is -1.85. The Bertz CT molecular complexity index is 299. The van der Waals surface area contributed by atoms with E-state index in [1.807, 2.05) is 0 Å². The van der Waals surface area contributed by atoms with Crippen LogP contribution in [0.25, 0.3) is 4.85 Å². The highest BCUT2D eigenvalue weighted by Gasteiger charge is 1.99. The number of nitrogens with zero attached hydrogens (tertiary/aromatic N) is 1. The zero-order chi connectivity index (χ0) is 8.27. The van der Waals surface area contributed by atoms with Crippen molar-refractivity contribution in [3.05, 3.63) is 46.6 Å². The summed E-state index contributed by atoms with van der Waals surface area (Å²) < 4.78 is 12.8. The second-order valence-corrected chi connectivity index (χ2v) is 2.40. The highest BCUT2D eigenvalue weighted by Crippen LogP contribution is 2.09. The summed E-state index contributed by atoms with van der Waals surface area (Å²) in [7, 11) is 0. The molecule has 2 heteroatoms. The molecule has 1 aromatic rings. The van der Waals surface area contributed by atoms with Crippen LogP contribution in [-0.2, 0) is 6.54 Å². The summed E-state index contributed by atoms with van der Waals surface area (Å²) in [6, 6.07) is 4.87. The molecular weight excluding hydrogens is 141 g/mol. The maximum atomic E-state index is 12.8. The van der Waals surface area contributed by atoms with Crippen LogP contribution < -0.4 is 0 Å². The molecule has 0 radical (unpaired) electrons. The monoisotopic (exact) mass is 149 g/mol. The number of benzene rings is 1. The van der Waals surface area contributed by atoms with Gasteiger partial charge in [-0.3, -0.25) is 0 Å². The van der Waals surface area contributed by atoms with Crippen molar-refractivity contribution in [3.8, 4) is 0 Å². The molecule has 0 fully saturated rings. The Labute approximate surface area is 65.3 Å². The van der Waals surface area contributed by atoms with Gasteiger partial charge in [-0.25, -0.2) is 11.0 Å². The quantitative estimate of drug-likeness (QED) is 0.540. The lowest BCUT2D eigenvalue weighted by atomic mass is 10.1. The highest BCUT2D eigenvalue weighted by atomic mass is 19.1. The number of aryl methyl sites for hydroxylation is 1. The molecule has 0 bridgehead atoms. The van der Waals surface area contributed by atoms with E-state index < -0.39 is 0 Å². The average Bonchev–Trinajstić information content (AvgIpc) is 1.98. The highest BCUT2D eigenvalue weighted by molar-refractivity contribution is 5.23. The Morgan fingerprint density at radius 1 is 1.55 bits per heavy atom. The molecule has 0 aliphatic rings. The van der Waals surface area contributed by atoms with Crippen LogP contribution in [0.1, 0.15) is 11.1 Å². The van der Waals surface area contributed by atoms with Gasteiger partial charge in [-0.15, -0.1) is 0 Å². The predicted octanol–water partition coefficient (Wildman–Crippen LogP) is 2.55. The smallest absolute Gasteiger partial charge is 0.239 e. The Morgan fingerprint density at radius 3 is 2.82 bits per heavy atom. The van der Waals surface area contributed by atoms with Gasteiger partial charge in [-0.05, 0) is 18.6 Å². The van der Waals surface area contributed by atoms with Crippen LogP contribution in [0.15, 0.2) is 18.2 Å². The van der Waals surface area contributed by atoms with Crippen LogP contribution in [0, 0.1) is 19.3 Å². The number of hydrogen-bond donors (Lipinski definition) is 0. The second kappa shape index (κ2) is 3.16. The van der Waals surface area contributed by atoms with Gasteiger partial charge in [0.25, 0.3) is 0 Å². The van der Waals surface area contributed by atoms with Crippen LogP contribution in [0.3, 0.4) is 0 Å². The molecule has 0 N–H and O–H groups in total. The fourth-order valence-electron chi connectivity index (χ4n) is 0.826. The average molecular weight is 149 g/mol. The van der Waals surface area contributed by atoms with Gasteiger partial charge in [0.15, 0.2) is 0 Å². The first-order valence-electron chi connectivity index (χ1n) is 3.32. The third-order valence-electron chi connectivity index (χ3n) is 1.50. The largest absolute Gasteiger partial charge is 0.312 e. The van der Waals surface area contributed by atoms with Gasteiger partial charge in [0.1, 0.15) is 5.82 Å². The zero-order valence-electron chi connectivity index (χ0n) is 6.26. The van der Waals surface area contributed by atoms with Crippen LogP contribution >= 0.6 is 0 Å². The summed E-state index contributed by atoms with van der Waals surface area (Å²) in [5.74, 6) is -0.230. The maximum Gasteiger partial charge on any atom is 0.239 e. The zero-order valence-corrected chi connectivity index (χ0v) is 6.26. The fourth-order valence-corrected chi connectivity index (χ4v) is 0.826. The van der Waals surface area contributed by atoms with Crippen molar-refractivity contribution in [1.29, 1.82) is 0 Å². The fraction of sp³-hybridized carbons (Fsp3) is 0.222. The van der Waals surface area contributed by atoms with E-state index in [4.69, 9.17) is 6.57 Å². The minimum Gasteiger partial charge on any atom is -0.312 e. The van der Waals surface area contributed by atoms with Crippen LogP contribution in [0.5, 0.6) is 0 Å². The normalized spacial score (nSPS) is 9.18. The molecule has 0 atom stereocenters. The van der Waals surface area contributed by atoms with Gasteiger partial charge in [0, 0.05) is 5.56 Å². The molecule has 0 heterocycles. The lowest BCUT2D eigenvalue weighted by Gasteiger charge is -1.95. The van der Waals surface area contributed by atoms with E-state index >= 15 is 0 Å². The minimum absolute atomic E-state index is 0.230. The van der Waals surface area contributed by atoms with Crippen LogP contribution in [0.2, 0.25) is 0 Å². The third kappa shape index (κ3) is 1.78. The van der Waals surface area contributed by atoms with Gasteiger partial charge in [0.05, 0.1) is 0 Å². The Hall–Kier alpha value is -1.36. The first-order chi connectivity index (χ1) is 5.24. The van der Waals surface area contributed by atoms with Gasteiger partial charge in [0.2, 0.25) is 6.54 Å². The molecule has 0 saturated carbocycles. The Balaban J connectivity index is 2.98. The molecule has 0 aliphatic heterocycles. The third-order valence-corrected chi connectivity index (χ3v) is 1.50. The van der Waals surface area contributed by atoms with E-state index in [1.165, 1.54) is 6.07 Å². The number of hydrogen-bond acceptors (Lipinski definition) is 0. The van der Waals surface area contributed by atoms with Gasteiger partial charge < -0.3 is 4.85 Å². The molecule has 0 aromatic heterocycles. The SMILES string of the molecule is [C-]#[N+]Cc1ccc(C)c(F)c1. The van der Waals surface area contributed by atoms with Crippen molar-refractivity contribution >= 4 is 0 Å². The summed E-state index contributed by atoms with van der Waals surface area (Å²) in [5.41, 5.74) is 1.36. The molecule has 11 heavy (non-hydrogen) atoms. The summed E-state index contributed by atoms with van der Waals surface area (Å²) in [6.45, 7) is 8.53. The topological polar surface area (TPSA) is 4.36 Å². The predicted molar refractivity (Wildman–Crippen MR) is 41.4 cm³/mol. The molecule has 56 valence electrons. The van der Waals surface area contributed by atoms with E-state index in [2.05, 4.69) is 4.85 Å². The second-order valence-electron chi connectivity index (χ2n) is 2.40. The van der Waals surface area contributed by atoms with Crippen molar-refractivity contribution in [1.82, 2.24) is 0 Å². The van der Waals surface area contributed by atoms with E-state index in [-0.39, 0.29) is 12.4 Å². The Kier molecular flexibility index (Phi) is 2.22. The van der Waals surface area contributed by atoms with Crippen molar-refractivity contribution in [3.63, 3.8) is 0 Å². The molecule has 0 unspecified atom stereocenters. The number of rotatable bonds is 1. The molecule has 1 rings (SSSR count). The molecule has 1 nitrogen and oxygen atoms in total. The van der Waals surface area contributed by atoms with Crippen molar-refractivity contribution in [2.75, 3.05) is 0 Å². The standard InChI is InChI=1S/C9H8FN/c1-7-3-4-8(6-11-2)5-9(7)10/h3-5H,6H2,1H3. The van der Waals surface area contributed by atoms with Crippen molar-refractivity contribution in [2.45, 2.75) is 13.5 Å². The summed E-state index contributed by atoms with van der Waals surface area (Å²) in [6.07, 6.45) is 0. The van der Waals surface area contributed by atoms with E-state index in [9.17, 15) is 4.39 Å². The minimum atomic E-state index is -0.230. The van der Waals surface area contributed by atoms with E-state index in [0.29, 0.717) is 5.56 Å². The molecule has 0 amide bonds. The van der Waals surface area contributed by atoms with Crippen LogP contribution in [0.4, 0.5) is 4.39 Å². The molecule has 0 aliphatic carbocycles. The molecule has 0 spiro atoms. The van der Waals surface area contributed by atoms with Crippen LogP contribution in [-0.4, -0.2) is 0 Å². The molecule has 0 saturated heterocycles. The summed E-state index contributed by atoms with van der Waals surface area (Å²) >= 11 is 0. The first kappa shape index (κ1) is 7.74.